The Bertz CT molecular complexity index is 192. The predicted octanol–water partition coefficient (Wildman–Crippen LogP) is -0.755. The van der Waals surface area contributed by atoms with Crippen molar-refractivity contribution in [2.24, 2.45) is 5.73 Å². The zero-order valence-electron chi connectivity index (χ0n) is 8.22. The summed E-state index contributed by atoms with van der Waals surface area (Å²) in [4.78, 5) is 12.7. The highest BCUT2D eigenvalue weighted by Crippen LogP contribution is 2.09. The Balaban J connectivity index is 2.19. The third kappa shape index (κ3) is 3.25. The summed E-state index contributed by atoms with van der Waals surface area (Å²) in [5.74, 6) is -1.14. The first-order chi connectivity index (χ1) is 6.61. The second-order valence-corrected chi connectivity index (χ2v) is 3.77. The van der Waals surface area contributed by atoms with Gasteiger partial charge in [0, 0.05) is 6.54 Å². The summed E-state index contributed by atoms with van der Waals surface area (Å²) in [6.45, 7) is 2.84. The van der Waals surface area contributed by atoms with Crippen molar-refractivity contribution in [2.75, 3.05) is 19.6 Å². The average Bonchev–Trinajstić information content (AvgIpc) is 2.65. The standard InChI is InChI=1S/C9H18N2O3/c10-8(9(13)14)7(12)3-6-11-4-1-2-5-11/h7-8,12H,1-6,10H2,(H,13,14). The molecular weight excluding hydrogens is 184 g/mol. The van der Waals surface area contributed by atoms with E-state index < -0.39 is 18.1 Å². The first kappa shape index (κ1) is 11.4. The fourth-order valence-corrected chi connectivity index (χ4v) is 1.67. The molecule has 0 bridgehead atoms. The fraction of sp³-hybridized carbons (Fsp3) is 0.889. The van der Waals surface area contributed by atoms with E-state index in [9.17, 15) is 9.90 Å². The Labute approximate surface area is 83.5 Å². The first-order valence-corrected chi connectivity index (χ1v) is 5.00. The van der Waals surface area contributed by atoms with Crippen LogP contribution in [0.4, 0.5) is 0 Å². The van der Waals surface area contributed by atoms with Gasteiger partial charge in [-0.15, -0.1) is 0 Å². The highest BCUT2D eigenvalue weighted by atomic mass is 16.4. The normalized spacial score (nSPS) is 22.1. The Morgan fingerprint density at radius 1 is 1.43 bits per heavy atom. The van der Waals surface area contributed by atoms with Crippen molar-refractivity contribution in [1.82, 2.24) is 4.90 Å². The highest BCUT2D eigenvalue weighted by molar-refractivity contribution is 5.73. The van der Waals surface area contributed by atoms with Crippen LogP contribution >= 0.6 is 0 Å². The predicted molar refractivity (Wildman–Crippen MR) is 51.9 cm³/mol. The molecule has 0 radical (unpaired) electrons. The van der Waals surface area contributed by atoms with Gasteiger partial charge in [0.05, 0.1) is 6.10 Å². The summed E-state index contributed by atoms with van der Waals surface area (Å²) >= 11 is 0. The molecule has 1 fully saturated rings. The molecule has 2 atom stereocenters. The van der Waals surface area contributed by atoms with Gasteiger partial charge in [0.15, 0.2) is 0 Å². The lowest BCUT2D eigenvalue weighted by molar-refractivity contribution is -0.141. The topological polar surface area (TPSA) is 86.8 Å². The number of carboxylic acid groups (broad SMARTS) is 1. The maximum absolute atomic E-state index is 10.4. The molecule has 5 heteroatoms. The lowest BCUT2D eigenvalue weighted by Gasteiger charge is -2.19. The summed E-state index contributed by atoms with van der Waals surface area (Å²) < 4.78 is 0. The van der Waals surface area contributed by atoms with E-state index in [4.69, 9.17) is 10.8 Å². The van der Waals surface area contributed by atoms with Crippen LogP contribution in [0.2, 0.25) is 0 Å². The highest BCUT2D eigenvalue weighted by Gasteiger charge is 2.22. The summed E-state index contributed by atoms with van der Waals surface area (Å²) in [7, 11) is 0. The maximum atomic E-state index is 10.4. The number of nitrogens with zero attached hydrogens (tertiary/aromatic N) is 1. The number of rotatable bonds is 5. The molecule has 1 aliphatic heterocycles. The average molecular weight is 202 g/mol. The molecule has 1 rings (SSSR count). The third-order valence-corrected chi connectivity index (χ3v) is 2.64. The monoisotopic (exact) mass is 202 g/mol. The Morgan fingerprint density at radius 3 is 2.50 bits per heavy atom. The molecule has 0 aromatic heterocycles. The summed E-state index contributed by atoms with van der Waals surface area (Å²) in [6.07, 6.45) is 1.89. The van der Waals surface area contributed by atoms with Crippen molar-refractivity contribution in [3.63, 3.8) is 0 Å². The van der Waals surface area contributed by atoms with Gasteiger partial charge < -0.3 is 20.8 Å². The van der Waals surface area contributed by atoms with E-state index in [-0.39, 0.29) is 0 Å². The zero-order chi connectivity index (χ0) is 10.6. The number of carboxylic acids is 1. The molecule has 4 N–H and O–H groups in total. The lowest BCUT2D eigenvalue weighted by atomic mass is 10.1. The van der Waals surface area contributed by atoms with Gasteiger partial charge in [0.2, 0.25) is 0 Å². The molecule has 0 saturated carbocycles. The Hall–Kier alpha value is -0.650. The molecule has 14 heavy (non-hydrogen) atoms. The number of hydrogen-bond acceptors (Lipinski definition) is 4. The fourth-order valence-electron chi connectivity index (χ4n) is 1.67. The second-order valence-electron chi connectivity index (χ2n) is 3.77. The quantitative estimate of drug-likeness (QED) is 0.546. The van der Waals surface area contributed by atoms with Crippen LogP contribution in [0.15, 0.2) is 0 Å². The largest absolute Gasteiger partial charge is 0.480 e. The number of aliphatic hydroxyl groups is 1. The lowest BCUT2D eigenvalue weighted by Crippen LogP contribution is -2.43. The number of nitrogens with two attached hydrogens (primary N) is 1. The molecule has 1 aliphatic rings. The summed E-state index contributed by atoms with van der Waals surface area (Å²) in [6, 6.07) is -1.15. The number of aliphatic hydroxyl groups excluding tert-OH is 1. The van der Waals surface area contributed by atoms with Crippen LogP contribution in [0.25, 0.3) is 0 Å². The van der Waals surface area contributed by atoms with Crippen LogP contribution in [0.5, 0.6) is 0 Å². The van der Waals surface area contributed by atoms with Gasteiger partial charge in [0.1, 0.15) is 6.04 Å². The molecule has 0 spiro atoms. The molecule has 1 heterocycles. The number of hydrogen-bond donors (Lipinski definition) is 3. The van der Waals surface area contributed by atoms with Crippen molar-refractivity contribution in [3.8, 4) is 0 Å². The van der Waals surface area contributed by atoms with Crippen molar-refractivity contribution >= 4 is 5.97 Å². The molecule has 0 aromatic carbocycles. The Morgan fingerprint density at radius 2 is 2.00 bits per heavy atom. The van der Waals surface area contributed by atoms with E-state index in [1.807, 2.05) is 0 Å². The van der Waals surface area contributed by atoms with Crippen LogP contribution in [-0.2, 0) is 4.79 Å². The van der Waals surface area contributed by atoms with Crippen molar-refractivity contribution in [1.29, 1.82) is 0 Å². The van der Waals surface area contributed by atoms with Crippen LogP contribution in [0.3, 0.4) is 0 Å². The maximum Gasteiger partial charge on any atom is 0.323 e. The minimum absolute atomic E-state index is 0.438. The third-order valence-electron chi connectivity index (χ3n) is 2.64. The molecule has 2 unspecified atom stereocenters. The smallest absolute Gasteiger partial charge is 0.323 e. The van der Waals surface area contributed by atoms with Crippen LogP contribution < -0.4 is 5.73 Å². The van der Waals surface area contributed by atoms with E-state index in [0.717, 1.165) is 19.6 Å². The zero-order valence-corrected chi connectivity index (χ0v) is 8.22. The van der Waals surface area contributed by atoms with E-state index >= 15 is 0 Å². The Kier molecular flexibility index (Phi) is 4.31. The van der Waals surface area contributed by atoms with Gasteiger partial charge in [-0.2, -0.15) is 0 Å². The second kappa shape index (κ2) is 5.29. The summed E-state index contributed by atoms with van der Waals surface area (Å²) in [5.41, 5.74) is 5.28. The van der Waals surface area contributed by atoms with E-state index in [2.05, 4.69) is 4.90 Å². The van der Waals surface area contributed by atoms with Gasteiger partial charge in [-0.1, -0.05) is 0 Å². The van der Waals surface area contributed by atoms with Crippen molar-refractivity contribution in [2.45, 2.75) is 31.4 Å². The van der Waals surface area contributed by atoms with E-state index in [0.29, 0.717) is 6.42 Å². The van der Waals surface area contributed by atoms with E-state index in [1.54, 1.807) is 0 Å². The number of likely N-dealkylation sites (tertiary alicyclic amines) is 1. The van der Waals surface area contributed by atoms with Crippen molar-refractivity contribution < 1.29 is 15.0 Å². The van der Waals surface area contributed by atoms with Crippen LogP contribution in [0, 0.1) is 0 Å². The van der Waals surface area contributed by atoms with Gasteiger partial charge in [-0.05, 0) is 32.4 Å². The minimum atomic E-state index is -1.15. The number of aliphatic carboxylic acids is 1. The van der Waals surface area contributed by atoms with Crippen LogP contribution in [-0.4, -0.2) is 52.9 Å². The molecule has 82 valence electrons. The molecular formula is C9H18N2O3. The molecule has 1 saturated heterocycles. The van der Waals surface area contributed by atoms with Crippen LogP contribution in [0.1, 0.15) is 19.3 Å². The minimum Gasteiger partial charge on any atom is -0.480 e. The van der Waals surface area contributed by atoms with E-state index in [1.165, 1.54) is 12.8 Å². The SMILES string of the molecule is NC(C(=O)O)C(O)CCN1CCCC1. The van der Waals surface area contributed by atoms with Crippen molar-refractivity contribution in [3.05, 3.63) is 0 Å². The van der Waals surface area contributed by atoms with Gasteiger partial charge in [-0.25, -0.2) is 0 Å². The molecule has 0 amide bonds. The number of carbonyl (C=O) groups is 1. The first-order valence-electron chi connectivity index (χ1n) is 5.00. The molecule has 0 aromatic rings. The van der Waals surface area contributed by atoms with Gasteiger partial charge in [0.25, 0.3) is 0 Å². The van der Waals surface area contributed by atoms with Gasteiger partial charge >= 0.3 is 5.97 Å². The summed E-state index contributed by atoms with van der Waals surface area (Å²) in [5, 5.41) is 18.0. The van der Waals surface area contributed by atoms with Gasteiger partial charge in [-0.3, -0.25) is 4.79 Å². The molecule has 5 nitrogen and oxygen atoms in total. The molecule has 0 aliphatic carbocycles.